The Hall–Kier alpha value is -1.16. The van der Waals surface area contributed by atoms with E-state index < -0.39 is 0 Å². The third kappa shape index (κ3) is 1.95. The number of nitrogens with zero attached hydrogens (tertiary/aromatic N) is 4. The van der Waals surface area contributed by atoms with E-state index in [1.54, 1.807) is 6.33 Å². The quantitative estimate of drug-likeness (QED) is 0.621. The molecule has 0 aromatic carbocycles. The van der Waals surface area contributed by atoms with Gasteiger partial charge in [-0.25, -0.2) is 0 Å². The summed E-state index contributed by atoms with van der Waals surface area (Å²) in [6.45, 7) is 3.07. The van der Waals surface area contributed by atoms with Crippen molar-refractivity contribution >= 4 is 0 Å². The molecule has 0 aliphatic carbocycles. The zero-order chi connectivity index (χ0) is 9.10. The van der Waals surface area contributed by atoms with Crippen molar-refractivity contribution in [3.05, 3.63) is 24.3 Å². The molecule has 0 saturated heterocycles. The molecule has 2 heterocycles. The Morgan fingerprint density at radius 3 is 3.00 bits per heavy atom. The Balaban J connectivity index is 1.98. The Kier molecular flexibility index (Phi) is 2.40. The van der Waals surface area contributed by atoms with Gasteiger partial charge in [0.1, 0.15) is 12.2 Å². The lowest BCUT2D eigenvalue weighted by Crippen LogP contribution is -2.27. The predicted octanol–water partition coefficient (Wildman–Crippen LogP) is 0.577. The fourth-order valence-corrected chi connectivity index (χ4v) is 1.48. The first-order valence-electron chi connectivity index (χ1n) is 4.56. The monoisotopic (exact) mass is 178 g/mol. The highest BCUT2D eigenvalue weighted by atomic mass is 15.3. The van der Waals surface area contributed by atoms with Crippen LogP contribution in [0.2, 0.25) is 0 Å². The van der Waals surface area contributed by atoms with Crippen LogP contribution in [0.25, 0.3) is 0 Å². The molecule has 4 heteroatoms. The van der Waals surface area contributed by atoms with E-state index in [4.69, 9.17) is 0 Å². The fourth-order valence-electron chi connectivity index (χ4n) is 1.48. The molecule has 0 saturated carbocycles. The SMILES string of the molecule is Cn1cnnc1CN1CC=CCC1. The number of hydrogen-bond donors (Lipinski definition) is 0. The summed E-state index contributed by atoms with van der Waals surface area (Å²) in [5, 5.41) is 7.91. The number of rotatable bonds is 2. The molecule has 0 bridgehead atoms. The van der Waals surface area contributed by atoms with E-state index in [0.717, 1.165) is 31.9 Å². The maximum Gasteiger partial charge on any atom is 0.146 e. The van der Waals surface area contributed by atoms with Gasteiger partial charge in [0.05, 0.1) is 6.54 Å². The molecule has 1 aliphatic rings. The molecule has 70 valence electrons. The standard InChI is InChI=1S/C9H14N4/c1-12-8-10-11-9(12)7-13-5-3-2-4-6-13/h2-3,8H,4-7H2,1H3. The van der Waals surface area contributed by atoms with Crippen LogP contribution in [0, 0.1) is 0 Å². The van der Waals surface area contributed by atoms with Gasteiger partial charge in [-0.3, -0.25) is 4.90 Å². The van der Waals surface area contributed by atoms with Gasteiger partial charge in [0.15, 0.2) is 0 Å². The van der Waals surface area contributed by atoms with Gasteiger partial charge in [-0.2, -0.15) is 0 Å². The minimum Gasteiger partial charge on any atom is -0.320 e. The van der Waals surface area contributed by atoms with Crippen molar-refractivity contribution in [1.29, 1.82) is 0 Å². The first kappa shape index (κ1) is 8.44. The number of aryl methyl sites for hydroxylation is 1. The van der Waals surface area contributed by atoms with Crippen molar-refractivity contribution < 1.29 is 0 Å². The first-order chi connectivity index (χ1) is 6.36. The molecule has 0 N–H and O–H groups in total. The Bertz CT molecular complexity index is 302. The highest BCUT2D eigenvalue weighted by molar-refractivity contribution is 4.93. The molecule has 1 aromatic heterocycles. The van der Waals surface area contributed by atoms with Crippen LogP contribution in [0.3, 0.4) is 0 Å². The summed E-state index contributed by atoms with van der Waals surface area (Å²) >= 11 is 0. The molecule has 4 nitrogen and oxygen atoms in total. The molecule has 2 rings (SSSR count). The third-order valence-corrected chi connectivity index (χ3v) is 2.31. The van der Waals surface area contributed by atoms with Crippen molar-refractivity contribution in [1.82, 2.24) is 19.7 Å². The van der Waals surface area contributed by atoms with Crippen LogP contribution in [0.4, 0.5) is 0 Å². The topological polar surface area (TPSA) is 34.0 Å². The van der Waals surface area contributed by atoms with Gasteiger partial charge in [-0.15, -0.1) is 10.2 Å². The van der Waals surface area contributed by atoms with Gasteiger partial charge in [-0.1, -0.05) is 12.2 Å². The summed E-state index contributed by atoms with van der Waals surface area (Å²) in [6, 6.07) is 0. The van der Waals surface area contributed by atoms with E-state index in [2.05, 4.69) is 27.2 Å². The molecule has 0 radical (unpaired) electrons. The average molecular weight is 178 g/mol. The summed E-state index contributed by atoms with van der Waals surface area (Å²) < 4.78 is 1.97. The molecule has 0 spiro atoms. The fraction of sp³-hybridized carbons (Fsp3) is 0.556. The Morgan fingerprint density at radius 2 is 2.38 bits per heavy atom. The van der Waals surface area contributed by atoms with E-state index >= 15 is 0 Å². The van der Waals surface area contributed by atoms with E-state index in [-0.39, 0.29) is 0 Å². The molecule has 0 atom stereocenters. The van der Waals surface area contributed by atoms with Crippen molar-refractivity contribution in [2.75, 3.05) is 13.1 Å². The highest BCUT2D eigenvalue weighted by Gasteiger charge is 2.09. The third-order valence-electron chi connectivity index (χ3n) is 2.31. The summed E-state index contributed by atoms with van der Waals surface area (Å²) in [5.41, 5.74) is 0. The largest absolute Gasteiger partial charge is 0.320 e. The smallest absolute Gasteiger partial charge is 0.146 e. The molecular weight excluding hydrogens is 164 g/mol. The number of hydrogen-bond acceptors (Lipinski definition) is 3. The van der Waals surface area contributed by atoms with Crippen molar-refractivity contribution in [3.63, 3.8) is 0 Å². The van der Waals surface area contributed by atoms with Crippen LogP contribution in [-0.2, 0) is 13.6 Å². The van der Waals surface area contributed by atoms with Crippen molar-refractivity contribution in [2.45, 2.75) is 13.0 Å². The van der Waals surface area contributed by atoms with Gasteiger partial charge >= 0.3 is 0 Å². The van der Waals surface area contributed by atoms with Gasteiger partial charge in [0.2, 0.25) is 0 Å². The van der Waals surface area contributed by atoms with Gasteiger partial charge in [-0.05, 0) is 6.42 Å². The molecule has 13 heavy (non-hydrogen) atoms. The van der Waals surface area contributed by atoms with Crippen LogP contribution in [-0.4, -0.2) is 32.8 Å². The summed E-state index contributed by atoms with van der Waals surface area (Å²) in [6.07, 6.45) is 7.33. The second-order valence-corrected chi connectivity index (χ2v) is 3.35. The molecular formula is C9H14N4. The van der Waals surface area contributed by atoms with Crippen LogP contribution in [0.1, 0.15) is 12.2 Å². The Morgan fingerprint density at radius 1 is 1.46 bits per heavy atom. The van der Waals surface area contributed by atoms with E-state index in [1.807, 2.05) is 11.6 Å². The van der Waals surface area contributed by atoms with Crippen LogP contribution in [0.15, 0.2) is 18.5 Å². The average Bonchev–Trinajstić information content (AvgIpc) is 2.54. The highest BCUT2D eigenvalue weighted by Crippen LogP contribution is 2.05. The molecule has 0 unspecified atom stereocenters. The van der Waals surface area contributed by atoms with Crippen LogP contribution in [0.5, 0.6) is 0 Å². The molecule has 0 fully saturated rings. The predicted molar refractivity (Wildman–Crippen MR) is 50.0 cm³/mol. The van der Waals surface area contributed by atoms with E-state index in [0.29, 0.717) is 0 Å². The first-order valence-corrected chi connectivity index (χ1v) is 4.56. The lowest BCUT2D eigenvalue weighted by molar-refractivity contribution is 0.280. The molecule has 1 aromatic rings. The summed E-state index contributed by atoms with van der Waals surface area (Å²) in [7, 11) is 1.98. The van der Waals surface area contributed by atoms with Crippen molar-refractivity contribution in [2.24, 2.45) is 7.05 Å². The van der Waals surface area contributed by atoms with Crippen molar-refractivity contribution in [3.8, 4) is 0 Å². The van der Waals surface area contributed by atoms with Gasteiger partial charge < -0.3 is 4.57 Å². The van der Waals surface area contributed by atoms with E-state index in [1.165, 1.54) is 0 Å². The second kappa shape index (κ2) is 3.70. The minimum atomic E-state index is 0.904. The maximum absolute atomic E-state index is 4.06. The zero-order valence-electron chi connectivity index (χ0n) is 7.85. The second-order valence-electron chi connectivity index (χ2n) is 3.35. The van der Waals surface area contributed by atoms with Gasteiger partial charge in [0, 0.05) is 20.1 Å². The lowest BCUT2D eigenvalue weighted by atomic mass is 10.2. The van der Waals surface area contributed by atoms with Crippen LogP contribution >= 0.6 is 0 Å². The summed E-state index contributed by atoms with van der Waals surface area (Å²) in [4.78, 5) is 2.37. The minimum absolute atomic E-state index is 0.904. The molecule has 1 aliphatic heterocycles. The van der Waals surface area contributed by atoms with Gasteiger partial charge in [0.25, 0.3) is 0 Å². The Labute approximate surface area is 77.9 Å². The maximum atomic E-state index is 4.06. The number of aromatic nitrogens is 3. The molecule has 0 amide bonds. The zero-order valence-corrected chi connectivity index (χ0v) is 7.85. The lowest BCUT2D eigenvalue weighted by Gasteiger charge is -2.21. The van der Waals surface area contributed by atoms with E-state index in [9.17, 15) is 0 Å². The summed E-state index contributed by atoms with van der Waals surface area (Å²) in [5.74, 6) is 1.04. The van der Waals surface area contributed by atoms with Crippen LogP contribution < -0.4 is 0 Å². The normalized spacial score (nSPS) is 17.9.